The van der Waals surface area contributed by atoms with Crippen molar-refractivity contribution in [3.63, 3.8) is 0 Å². The first-order valence-electron chi connectivity index (χ1n) is 8.94. The molecule has 142 valence electrons. The highest BCUT2D eigenvalue weighted by atomic mass is 35.5. The summed E-state index contributed by atoms with van der Waals surface area (Å²) in [5, 5.41) is 0.556. The van der Waals surface area contributed by atoms with Gasteiger partial charge in [0, 0.05) is 17.0 Å². The van der Waals surface area contributed by atoms with E-state index in [1.165, 1.54) is 0 Å². The summed E-state index contributed by atoms with van der Waals surface area (Å²) in [4.78, 5) is 12.8. The largest absolute Gasteiger partial charge is 0.294 e. The van der Waals surface area contributed by atoms with Gasteiger partial charge in [0.05, 0.1) is 10.9 Å². The van der Waals surface area contributed by atoms with Gasteiger partial charge in [0.1, 0.15) is 0 Å². The molecule has 27 heavy (non-hydrogen) atoms. The molecule has 0 bridgehead atoms. The lowest BCUT2D eigenvalue weighted by molar-refractivity contribution is -0.115. The molecule has 0 spiro atoms. The number of halogens is 1. The topological polar surface area (TPSA) is 63.2 Å². The van der Waals surface area contributed by atoms with E-state index in [2.05, 4.69) is 4.72 Å². The second-order valence-corrected chi connectivity index (χ2v) is 8.90. The first kappa shape index (κ1) is 19.8. The molecule has 2 aromatic rings. The van der Waals surface area contributed by atoms with Gasteiger partial charge in [0.15, 0.2) is 5.78 Å². The Kier molecular flexibility index (Phi) is 6.15. The van der Waals surface area contributed by atoms with Crippen molar-refractivity contribution in [1.29, 1.82) is 0 Å². The number of Topliss-reactive ketones (excluding diaryl/α,β-unsaturated/α-hetero) is 1. The van der Waals surface area contributed by atoms with Crippen molar-refractivity contribution in [2.75, 3.05) is 0 Å². The number of aryl methyl sites for hydroxylation is 1. The van der Waals surface area contributed by atoms with Crippen LogP contribution in [0.15, 0.2) is 65.1 Å². The van der Waals surface area contributed by atoms with Crippen molar-refractivity contribution in [3.8, 4) is 0 Å². The van der Waals surface area contributed by atoms with E-state index < -0.39 is 16.1 Å². The van der Waals surface area contributed by atoms with Crippen molar-refractivity contribution in [1.82, 2.24) is 4.72 Å². The first-order valence-corrected chi connectivity index (χ1v) is 10.8. The Hall–Kier alpha value is -1.95. The number of sulfonamides is 1. The third kappa shape index (κ3) is 4.86. The zero-order chi connectivity index (χ0) is 19.4. The molecule has 0 saturated carbocycles. The lowest BCUT2D eigenvalue weighted by Crippen LogP contribution is -2.32. The van der Waals surface area contributed by atoms with Gasteiger partial charge in [-0.2, -0.15) is 4.72 Å². The van der Waals surface area contributed by atoms with E-state index in [9.17, 15) is 13.2 Å². The Morgan fingerprint density at radius 3 is 2.33 bits per heavy atom. The number of hydrogen-bond acceptors (Lipinski definition) is 3. The fourth-order valence-corrected chi connectivity index (χ4v) is 4.46. The van der Waals surface area contributed by atoms with Gasteiger partial charge in [-0.1, -0.05) is 47.5 Å². The minimum absolute atomic E-state index is 0.0148. The van der Waals surface area contributed by atoms with Crippen LogP contribution in [0.3, 0.4) is 0 Å². The minimum atomic E-state index is -3.80. The van der Waals surface area contributed by atoms with E-state index in [-0.39, 0.29) is 10.7 Å². The van der Waals surface area contributed by atoms with E-state index in [1.807, 2.05) is 13.0 Å². The van der Waals surface area contributed by atoms with E-state index in [0.29, 0.717) is 22.6 Å². The van der Waals surface area contributed by atoms with Crippen molar-refractivity contribution in [2.24, 2.45) is 0 Å². The second kappa shape index (κ2) is 8.38. The van der Waals surface area contributed by atoms with Crippen LogP contribution in [0.1, 0.15) is 42.9 Å². The second-order valence-electron chi connectivity index (χ2n) is 6.75. The summed E-state index contributed by atoms with van der Waals surface area (Å²) in [5.41, 5.74) is 2.17. The van der Waals surface area contributed by atoms with Crippen molar-refractivity contribution in [3.05, 3.63) is 76.3 Å². The molecule has 0 saturated heterocycles. The Balaban J connectivity index is 2.01. The Morgan fingerprint density at radius 2 is 1.67 bits per heavy atom. The number of carbonyl (C=O) groups is 1. The number of ketones is 1. The molecule has 0 radical (unpaired) electrons. The van der Waals surface area contributed by atoms with Crippen molar-refractivity contribution >= 4 is 27.4 Å². The molecule has 0 heterocycles. The molecule has 0 aliphatic heterocycles. The predicted molar refractivity (Wildman–Crippen MR) is 107 cm³/mol. The van der Waals surface area contributed by atoms with Crippen LogP contribution in [-0.2, 0) is 14.8 Å². The van der Waals surface area contributed by atoms with Crippen LogP contribution in [-0.4, -0.2) is 14.2 Å². The van der Waals surface area contributed by atoms with Crippen LogP contribution >= 0.6 is 11.6 Å². The smallest absolute Gasteiger partial charge is 0.241 e. The first-order chi connectivity index (χ1) is 12.9. The highest BCUT2D eigenvalue weighted by Gasteiger charge is 2.28. The summed E-state index contributed by atoms with van der Waals surface area (Å²) >= 11 is 5.98. The number of rotatable bonds is 5. The summed E-state index contributed by atoms with van der Waals surface area (Å²) in [6.07, 6.45) is 4.80. The van der Waals surface area contributed by atoms with Gasteiger partial charge < -0.3 is 0 Å². The Labute approximate surface area is 165 Å². The van der Waals surface area contributed by atoms with E-state index in [4.69, 9.17) is 11.6 Å². The molecule has 0 fully saturated rings. The maximum Gasteiger partial charge on any atom is 0.241 e. The third-order valence-electron chi connectivity index (χ3n) is 4.66. The molecule has 1 N–H and O–H groups in total. The zero-order valence-corrected chi connectivity index (χ0v) is 16.7. The fourth-order valence-electron chi connectivity index (χ4n) is 3.13. The molecule has 1 aliphatic rings. The maximum absolute atomic E-state index is 13.0. The highest BCUT2D eigenvalue weighted by molar-refractivity contribution is 7.89. The van der Waals surface area contributed by atoms with Crippen LogP contribution in [0, 0.1) is 6.92 Å². The van der Waals surface area contributed by atoms with Crippen molar-refractivity contribution < 1.29 is 13.2 Å². The SMILES string of the molecule is Cc1ccc(S(=O)(=O)NC(C2=CCCCCC2=O)c2ccc(Cl)cc2)cc1. The van der Waals surface area contributed by atoms with Gasteiger partial charge in [-0.25, -0.2) is 8.42 Å². The molecule has 4 nitrogen and oxygen atoms in total. The molecule has 0 amide bonds. The van der Waals surface area contributed by atoms with Gasteiger partial charge in [-0.05, 0) is 56.0 Å². The maximum atomic E-state index is 13.0. The fraction of sp³-hybridized carbons (Fsp3) is 0.286. The van der Waals surface area contributed by atoms with Gasteiger partial charge in [-0.3, -0.25) is 4.79 Å². The summed E-state index contributed by atoms with van der Waals surface area (Å²) < 4.78 is 28.6. The van der Waals surface area contributed by atoms with Crippen molar-refractivity contribution in [2.45, 2.75) is 43.5 Å². The van der Waals surface area contributed by atoms with Crippen LogP contribution in [0.2, 0.25) is 5.02 Å². The van der Waals surface area contributed by atoms with Gasteiger partial charge >= 0.3 is 0 Å². The molecule has 1 atom stereocenters. The monoisotopic (exact) mass is 403 g/mol. The molecular weight excluding hydrogens is 382 g/mol. The number of allylic oxidation sites excluding steroid dienone is 1. The Bertz CT molecular complexity index is 948. The normalized spacial score (nSPS) is 16.5. The zero-order valence-electron chi connectivity index (χ0n) is 15.1. The van der Waals surface area contributed by atoms with E-state index >= 15 is 0 Å². The average Bonchev–Trinajstić information content (AvgIpc) is 2.85. The molecule has 1 aliphatic carbocycles. The molecule has 3 rings (SSSR count). The third-order valence-corrected chi connectivity index (χ3v) is 6.35. The van der Waals surface area contributed by atoms with Crippen LogP contribution in [0.4, 0.5) is 0 Å². The van der Waals surface area contributed by atoms with Crippen LogP contribution < -0.4 is 4.72 Å². The highest BCUT2D eigenvalue weighted by Crippen LogP contribution is 2.30. The lowest BCUT2D eigenvalue weighted by atomic mass is 9.95. The standard InChI is InChI=1S/C21H22ClNO3S/c1-15-7-13-18(14-8-15)27(25,26)23-21(16-9-11-17(22)12-10-16)19-5-3-2-4-6-20(19)24/h5,7-14,21,23H,2-4,6H2,1H3. The number of carbonyl (C=O) groups excluding carboxylic acids is 1. The summed E-state index contributed by atoms with van der Waals surface area (Å²) in [6, 6.07) is 12.8. The summed E-state index contributed by atoms with van der Waals surface area (Å²) in [7, 11) is -3.80. The number of benzene rings is 2. The number of hydrogen-bond donors (Lipinski definition) is 1. The molecular formula is C21H22ClNO3S. The summed E-state index contributed by atoms with van der Waals surface area (Å²) in [6.45, 7) is 1.90. The molecule has 6 heteroatoms. The lowest BCUT2D eigenvalue weighted by Gasteiger charge is -2.21. The molecule has 0 aromatic heterocycles. The van der Waals surface area contributed by atoms with E-state index in [1.54, 1.807) is 48.5 Å². The van der Waals surface area contributed by atoms with Gasteiger partial charge in [-0.15, -0.1) is 0 Å². The van der Waals surface area contributed by atoms with Crippen LogP contribution in [0.25, 0.3) is 0 Å². The molecule has 1 unspecified atom stereocenters. The minimum Gasteiger partial charge on any atom is -0.294 e. The quantitative estimate of drug-likeness (QED) is 0.784. The molecule has 2 aromatic carbocycles. The van der Waals surface area contributed by atoms with E-state index in [0.717, 1.165) is 24.8 Å². The van der Waals surface area contributed by atoms with Gasteiger partial charge in [0.2, 0.25) is 10.0 Å². The number of nitrogens with one attached hydrogen (secondary N) is 1. The predicted octanol–water partition coefficient (Wildman–Crippen LogP) is 4.74. The summed E-state index contributed by atoms with van der Waals surface area (Å²) in [5.74, 6) is -0.0148. The van der Waals surface area contributed by atoms with Crippen LogP contribution in [0.5, 0.6) is 0 Å². The average molecular weight is 404 g/mol. The Morgan fingerprint density at radius 1 is 1.00 bits per heavy atom. The van der Waals surface area contributed by atoms with Gasteiger partial charge in [0.25, 0.3) is 0 Å².